The van der Waals surface area contributed by atoms with Crippen molar-refractivity contribution in [2.24, 2.45) is 0 Å². The van der Waals surface area contributed by atoms with Crippen molar-refractivity contribution >= 4 is 29.6 Å². The van der Waals surface area contributed by atoms with Crippen LogP contribution in [-0.2, 0) is 19.2 Å². The lowest BCUT2D eigenvalue weighted by Crippen LogP contribution is -2.55. The van der Waals surface area contributed by atoms with Crippen LogP contribution in [0.1, 0.15) is 30.3 Å². The number of piperazine rings is 1. The smallest absolute Gasteiger partial charge is 0.481 e. The third-order valence-electron chi connectivity index (χ3n) is 5.83. The first-order valence-electron chi connectivity index (χ1n) is 12.6. The van der Waals surface area contributed by atoms with Crippen molar-refractivity contribution in [2.45, 2.75) is 25.8 Å². The number of nitrogens with one attached hydrogen (secondary N) is 2. The van der Waals surface area contributed by atoms with Gasteiger partial charge in [0.05, 0.1) is 32.0 Å². The molecule has 0 spiro atoms. The largest absolute Gasteiger partial charge is 0.527 e. The zero-order chi connectivity index (χ0) is 28.2. The van der Waals surface area contributed by atoms with Gasteiger partial charge in [-0.1, -0.05) is 30.3 Å². The van der Waals surface area contributed by atoms with Crippen LogP contribution >= 0.6 is 0 Å². The number of pyridine rings is 1. The van der Waals surface area contributed by atoms with E-state index < -0.39 is 30.0 Å². The van der Waals surface area contributed by atoms with Crippen molar-refractivity contribution in [3.63, 3.8) is 0 Å². The molecule has 13 nitrogen and oxygen atoms in total. The normalized spacial score (nSPS) is 14.3. The van der Waals surface area contributed by atoms with Gasteiger partial charge in [0, 0.05) is 37.3 Å². The van der Waals surface area contributed by atoms with Gasteiger partial charge in [-0.25, -0.2) is 9.78 Å². The van der Waals surface area contributed by atoms with Crippen molar-refractivity contribution in [3.8, 4) is 11.3 Å². The predicted octanol–water partition coefficient (Wildman–Crippen LogP) is 1.35. The van der Waals surface area contributed by atoms with Gasteiger partial charge in [-0.2, -0.15) is 0 Å². The maximum absolute atomic E-state index is 13.3. The second kappa shape index (κ2) is 14.6. The summed E-state index contributed by atoms with van der Waals surface area (Å²) in [4.78, 5) is 60.4. The highest BCUT2D eigenvalue weighted by Crippen LogP contribution is 2.22. The molecule has 13 heteroatoms. The number of carboxylic acid groups (broad SMARTS) is 1. The summed E-state index contributed by atoms with van der Waals surface area (Å²) in [7, 11) is 0. The summed E-state index contributed by atoms with van der Waals surface area (Å²) < 4.78 is 4.75. The number of carbonyl (C=O) groups excluding carboxylic acids is 3. The number of aliphatic hydroxyl groups excluding tert-OH is 1. The van der Waals surface area contributed by atoms with Crippen LogP contribution in [0.25, 0.3) is 11.3 Å². The molecule has 4 N–H and O–H groups in total. The summed E-state index contributed by atoms with van der Waals surface area (Å²) in [5.74, 6) is -2.19. The summed E-state index contributed by atoms with van der Waals surface area (Å²) in [6, 6.07) is 11.3. The summed E-state index contributed by atoms with van der Waals surface area (Å²) >= 11 is 0. The number of carboxylic acids is 1. The number of hydroxylamine groups is 2. The van der Waals surface area contributed by atoms with E-state index in [2.05, 4.69) is 15.6 Å². The molecule has 2 aromatic rings. The minimum absolute atomic E-state index is 0.0255. The summed E-state index contributed by atoms with van der Waals surface area (Å²) in [6.07, 6.45) is -1.28. The quantitative estimate of drug-likeness (QED) is 0.285. The summed E-state index contributed by atoms with van der Waals surface area (Å²) in [6.45, 7) is 2.83. The van der Waals surface area contributed by atoms with Crippen molar-refractivity contribution < 1.29 is 39.0 Å². The van der Waals surface area contributed by atoms with Crippen LogP contribution in [0.3, 0.4) is 0 Å². The van der Waals surface area contributed by atoms with Crippen molar-refractivity contribution in [3.05, 3.63) is 48.2 Å². The number of aliphatic carboxylic acids is 1. The maximum atomic E-state index is 13.3. The first kappa shape index (κ1) is 29.3. The van der Waals surface area contributed by atoms with Gasteiger partial charge in [-0.15, -0.1) is 5.06 Å². The number of benzene rings is 1. The van der Waals surface area contributed by atoms with Gasteiger partial charge in [-0.3, -0.25) is 14.4 Å². The molecule has 0 unspecified atom stereocenters. The average molecular weight is 544 g/mol. The van der Waals surface area contributed by atoms with E-state index in [-0.39, 0.29) is 64.5 Å². The number of amides is 2. The fourth-order valence-corrected chi connectivity index (χ4v) is 3.93. The van der Waals surface area contributed by atoms with Crippen LogP contribution in [0.4, 0.5) is 10.5 Å². The molecule has 1 aromatic carbocycles. The lowest BCUT2D eigenvalue weighted by Gasteiger charge is -2.35. The van der Waals surface area contributed by atoms with Crippen LogP contribution in [0.2, 0.25) is 0 Å². The van der Waals surface area contributed by atoms with Crippen LogP contribution < -0.4 is 10.6 Å². The molecule has 39 heavy (non-hydrogen) atoms. The first-order valence-corrected chi connectivity index (χ1v) is 12.6. The molecule has 1 fully saturated rings. The molecule has 0 radical (unpaired) electrons. The third-order valence-corrected chi connectivity index (χ3v) is 5.83. The maximum Gasteiger partial charge on any atom is 0.527 e. The number of aliphatic hydroxyl groups is 1. The Hall–Kier alpha value is -4.23. The van der Waals surface area contributed by atoms with Gasteiger partial charge in [0.1, 0.15) is 11.7 Å². The Kier molecular flexibility index (Phi) is 11.0. The topological polar surface area (TPSA) is 171 Å². The number of aromatic nitrogens is 1. The number of carbonyl (C=O) groups is 4. The molecular formula is C26H33N5O8. The van der Waals surface area contributed by atoms with Crippen LogP contribution in [0, 0.1) is 0 Å². The molecule has 3 rings (SSSR count). The molecule has 0 saturated carbocycles. The number of anilines is 1. The molecule has 0 bridgehead atoms. The molecule has 2 amide bonds. The van der Waals surface area contributed by atoms with Gasteiger partial charge >= 0.3 is 12.1 Å². The zero-order valence-corrected chi connectivity index (χ0v) is 21.7. The number of nitrogens with zero attached hydrogens (tertiary/aromatic N) is 3. The number of hydrogen-bond donors (Lipinski definition) is 4. The standard InChI is InChI=1S/C26H33N5O8/c1-2-38-26(37)39-31-13-11-30(12-14-31)25(36)20(8-9-23(33)34)29-24(35)22-17-19(27-10-15-32)16-21(28-22)18-6-4-3-5-7-18/h3-7,16-17,20,32H,2,8-15H2,1H3,(H,27,28)(H,29,35)(H,33,34)/t20-/m0/s1. The highest BCUT2D eigenvalue weighted by atomic mass is 16.8. The Morgan fingerprint density at radius 2 is 1.79 bits per heavy atom. The van der Waals surface area contributed by atoms with E-state index in [0.29, 0.717) is 11.4 Å². The molecule has 1 saturated heterocycles. The van der Waals surface area contributed by atoms with Crippen molar-refractivity contribution in [1.82, 2.24) is 20.3 Å². The van der Waals surface area contributed by atoms with Gasteiger partial charge in [-0.05, 0) is 25.5 Å². The zero-order valence-electron chi connectivity index (χ0n) is 21.7. The van der Waals surface area contributed by atoms with E-state index in [1.807, 2.05) is 30.3 Å². The van der Waals surface area contributed by atoms with E-state index >= 15 is 0 Å². The van der Waals surface area contributed by atoms with Crippen LogP contribution in [0.15, 0.2) is 42.5 Å². The van der Waals surface area contributed by atoms with Gasteiger partial charge < -0.3 is 35.3 Å². The van der Waals surface area contributed by atoms with E-state index in [1.54, 1.807) is 13.0 Å². The van der Waals surface area contributed by atoms with Crippen molar-refractivity contribution in [2.75, 3.05) is 51.3 Å². The third kappa shape index (κ3) is 8.93. The number of rotatable bonds is 12. The molecule has 210 valence electrons. The minimum Gasteiger partial charge on any atom is -0.481 e. The van der Waals surface area contributed by atoms with Crippen molar-refractivity contribution in [1.29, 1.82) is 0 Å². The Morgan fingerprint density at radius 1 is 1.08 bits per heavy atom. The second-order valence-corrected chi connectivity index (χ2v) is 8.63. The van der Waals surface area contributed by atoms with E-state index in [1.165, 1.54) is 16.0 Å². The highest BCUT2D eigenvalue weighted by molar-refractivity contribution is 5.97. The van der Waals surface area contributed by atoms with Gasteiger partial charge in [0.25, 0.3) is 5.91 Å². The van der Waals surface area contributed by atoms with Gasteiger partial charge in [0.2, 0.25) is 5.91 Å². The average Bonchev–Trinajstić information content (AvgIpc) is 2.94. The Morgan fingerprint density at radius 3 is 2.44 bits per heavy atom. The highest BCUT2D eigenvalue weighted by Gasteiger charge is 2.31. The van der Waals surface area contributed by atoms with Crippen LogP contribution in [0.5, 0.6) is 0 Å². The fraction of sp³-hybridized carbons (Fsp3) is 0.423. The van der Waals surface area contributed by atoms with E-state index in [4.69, 9.17) is 9.57 Å². The molecule has 1 aliphatic heterocycles. The fourth-order valence-electron chi connectivity index (χ4n) is 3.93. The molecular weight excluding hydrogens is 510 g/mol. The molecule has 1 aliphatic rings. The second-order valence-electron chi connectivity index (χ2n) is 8.63. The lowest BCUT2D eigenvalue weighted by molar-refractivity contribution is -0.157. The van der Waals surface area contributed by atoms with E-state index in [9.17, 15) is 29.4 Å². The molecule has 0 aliphatic carbocycles. The number of hydrogen-bond acceptors (Lipinski definition) is 10. The Balaban J connectivity index is 1.75. The Bertz CT molecular complexity index is 1140. The molecule has 2 heterocycles. The first-order chi connectivity index (χ1) is 18.8. The van der Waals surface area contributed by atoms with Gasteiger partial charge in [0.15, 0.2) is 0 Å². The molecule has 1 aromatic heterocycles. The minimum atomic E-state index is -1.11. The predicted molar refractivity (Wildman–Crippen MR) is 140 cm³/mol. The van der Waals surface area contributed by atoms with Crippen LogP contribution in [-0.4, -0.2) is 101 Å². The summed E-state index contributed by atoms with van der Waals surface area (Å²) in [5.41, 5.74) is 1.85. The lowest BCUT2D eigenvalue weighted by atomic mass is 10.1. The SMILES string of the molecule is CCOC(=O)ON1CCN(C(=O)[C@H](CCC(=O)O)NC(=O)c2cc(NCCO)cc(-c3ccccc3)n2)CC1. The number of ether oxygens (including phenoxy) is 1. The monoisotopic (exact) mass is 543 g/mol. The Labute approximate surface area is 225 Å². The van der Waals surface area contributed by atoms with E-state index in [0.717, 1.165) is 5.56 Å². The summed E-state index contributed by atoms with van der Waals surface area (Å²) in [5, 5.41) is 25.5. The molecule has 1 atom stereocenters.